The molecule has 0 aliphatic rings. The third-order valence-electron chi connectivity index (χ3n) is 3.29. The first-order valence-corrected chi connectivity index (χ1v) is 6.69. The van der Waals surface area contributed by atoms with Gasteiger partial charge in [0.1, 0.15) is 0 Å². The van der Waals surface area contributed by atoms with Crippen LogP contribution in [0.4, 0.5) is 0 Å². The standard InChI is InChI=1S/C14H21N3O2/c1-9(18)4-3-7-15-10(2)11-5-6-12-13(8-11)17-14(19)16-12/h5-6,8-10,15,18H,3-4,7H2,1-2H3,(H2,16,17,19). The van der Waals surface area contributed by atoms with E-state index in [0.717, 1.165) is 36.0 Å². The molecule has 2 atom stereocenters. The molecule has 2 unspecified atom stereocenters. The van der Waals surface area contributed by atoms with Crippen LogP contribution in [0.15, 0.2) is 23.0 Å². The highest BCUT2D eigenvalue weighted by Gasteiger charge is 2.07. The van der Waals surface area contributed by atoms with Gasteiger partial charge in [-0.3, -0.25) is 0 Å². The number of imidazole rings is 1. The molecule has 1 aromatic heterocycles. The van der Waals surface area contributed by atoms with Crippen molar-refractivity contribution < 1.29 is 5.11 Å². The molecule has 0 aliphatic carbocycles. The number of aromatic amines is 2. The highest BCUT2D eigenvalue weighted by molar-refractivity contribution is 5.75. The van der Waals surface area contributed by atoms with Gasteiger partial charge in [-0.1, -0.05) is 6.07 Å². The Morgan fingerprint density at radius 2 is 2.00 bits per heavy atom. The van der Waals surface area contributed by atoms with E-state index in [0.29, 0.717) is 0 Å². The van der Waals surface area contributed by atoms with Gasteiger partial charge in [0.25, 0.3) is 0 Å². The van der Waals surface area contributed by atoms with Gasteiger partial charge in [-0.05, 0) is 50.9 Å². The molecule has 19 heavy (non-hydrogen) atoms. The molecule has 2 aromatic rings. The molecular weight excluding hydrogens is 242 g/mol. The minimum absolute atomic E-state index is 0.176. The number of hydrogen-bond donors (Lipinski definition) is 4. The minimum Gasteiger partial charge on any atom is -0.393 e. The van der Waals surface area contributed by atoms with Crippen molar-refractivity contribution in [3.8, 4) is 0 Å². The number of nitrogens with one attached hydrogen (secondary N) is 3. The molecule has 5 heteroatoms. The Kier molecular flexibility index (Phi) is 4.39. The predicted molar refractivity (Wildman–Crippen MR) is 76.3 cm³/mol. The van der Waals surface area contributed by atoms with Crippen LogP contribution in [0.1, 0.15) is 38.3 Å². The van der Waals surface area contributed by atoms with E-state index in [1.165, 1.54) is 0 Å². The fourth-order valence-corrected chi connectivity index (χ4v) is 2.15. The summed E-state index contributed by atoms with van der Waals surface area (Å²) in [7, 11) is 0. The van der Waals surface area contributed by atoms with Crippen LogP contribution in [0.2, 0.25) is 0 Å². The Labute approximate surface area is 112 Å². The average Bonchev–Trinajstić information content (AvgIpc) is 2.73. The lowest BCUT2D eigenvalue weighted by molar-refractivity contribution is 0.181. The van der Waals surface area contributed by atoms with Crippen molar-refractivity contribution in [2.75, 3.05) is 6.54 Å². The molecule has 1 heterocycles. The van der Waals surface area contributed by atoms with Crippen molar-refractivity contribution in [1.82, 2.24) is 15.3 Å². The molecule has 0 radical (unpaired) electrons. The molecule has 0 fully saturated rings. The Bertz CT molecular complexity index is 586. The van der Waals surface area contributed by atoms with Gasteiger partial charge in [0.2, 0.25) is 0 Å². The van der Waals surface area contributed by atoms with Crippen molar-refractivity contribution in [2.24, 2.45) is 0 Å². The number of aliphatic hydroxyl groups excluding tert-OH is 1. The second-order valence-corrected chi connectivity index (χ2v) is 5.05. The molecule has 0 amide bonds. The summed E-state index contributed by atoms with van der Waals surface area (Å²) >= 11 is 0. The Balaban J connectivity index is 1.96. The maximum atomic E-state index is 11.2. The van der Waals surface area contributed by atoms with Crippen LogP contribution in [0.5, 0.6) is 0 Å². The zero-order chi connectivity index (χ0) is 13.8. The van der Waals surface area contributed by atoms with E-state index in [2.05, 4.69) is 22.2 Å². The van der Waals surface area contributed by atoms with Gasteiger partial charge >= 0.3 is 5.69 Å². The van der Waals surface area contributed by atoms with Gasteiger partial charge in [-0.15, -0.1) is 0 Å². The minimum atomic E-state index is -0.238. The molecule has 0 aliphatic heterocycles. The Morgan fingerprint density at radius 1 is 1.26 bits per heavy atom. The average molecular weight is 263 g/mol. The predicted octanol–water partition coefficient (Wildman–Crippen LogP) is 1.67. The van der Waals surface area contributed by atoms with Crippen LogP contribution in [0.25, 0.3) is 11.0 Å². The highest BCUT2D eigenvalue weighted by Crippen LogP contribution is 2.16. The summed E-state index contributed by atoms with van der Waals surface area (Å²) in [6.07, 6.45) is 1.52. The lowest BCUT2D eigenvalue weighted by atomic mass is 10.1. The SMILES string of the molecule is CC(O)CCCNC(C)c1ccc2[nH]c(=O)[nH]c2c1. The van der Waals surface area contributed by atoms with Gasteiger partial charge in [-0.25, -0.2) is 4.79 Å². The van der Waals surface area contributed by atoms with Crippen molar-refractivity contribution >= 4 is 11.0 Å². The fourth-order valence-electron chi connectivity index (χ4n) is 2.15. The topological polar surface area (TPSA) is 80.9 Å². The molecule has 0 spiro atoms. The second-order valence-electron chi connectivity index (χ2n) is 5.05. The number of aromatic nitrogens is 2. The lowest BCUT2D eigenvalue weighted by Gasteiger charge is -2.14. The van der Waals surface area contributed by atoms with Crippen molar-refractivity contribution in [1.29, 1.82) is 0 Å². The lowest BCUT2D eigenvalue weighted by Crippen LogP contribution is -2.20. The molecule has 0 saturated heterocycles. The fraction of sp³-hybridized carbons (Fsp3) is 0.500. The molecule has 0 bridgehead atoms. The number of rotatable bonds is 6. The van der Waals surface area contributed by atoms with Crippen molar-refractivity contribution in [2.45, 2.75) is 38.8 Å². The zero-order valence-electron chi connectivity index (χ0n) is 11.4. The Hall–Kier alpha value is -1.59. The van der Waals surface area contributed by atoms with Crippen LogP contribution >= 0.6 is 0 Å². The van der Waals surface area contributed by atoms with Crippen LogP contribution in [-0.4, -0.2) is 27.7 Å². The molecule has 0 saturated carbocycles. The maximum absolute atomic E-state index is 11.2. The molecule has 104 valence electrons. The number of fused-ring (bicyclic) bond motifs is 1. The number of hydrogen-bond acceptors (Lipinski definition) is 3. The number of aliphatic hydroxyl groups is 1. The van der Waals surface area contributed by atoms with E-state index in [1.54, 1.807) is 6.92 Å². The third kappa shape index (κ3) is 3.68. The van der Waals surface area contributed by atoms with Crippen LogP contribution in [-0.2, 0) is 0 Å². The van der Waals surface area contributed by atoms with Crippen LogP contribution < -0.4 is 11.0 Å². The summed E-state index contributed by atoms with van der Waals surface area (Å²) in [5.74, 6) is 0. The van der Waals surface area contributed by atoms with E-state index in [-0.39, 0.29) is 17.8 Å². The summed E-state index contributed by atoms with van der Waals surface area (Å²) in [4.78, 5) is 16.7. The van der Waals surface area contributed by atoms with Crippen molar-refractivity contribution in [3.05, 3.63) is 34.2 Å². The first-order valence-electron chi connectivity index (χ1n) is 6.69. The van der Waals surface area contributed by atoms with E-state index >= 15 is 0 Å². The largest absolute Gasteiger partial charge is 0.393 e. The molecule has 5 nitrogen and oxygen atoms in total. The maximum Gasteiger partial charge on any atom is 0.323 e. The normalized spacial score (nSPS) is 14.7. The summed E-state index contributed by atoms with van der Waals surface area (Å²) in [5, 5.41) is 12.6. The molecule has 2 rings (SSSR count). The van der Waals surface area contributed by atoms with Gasteiger partial charge in [0.05, 0.1) is 17.1 Å². The van der Waals surface area contributed by atoms with E-state index in [1.807, 2.05) is 18.2 Å². The summed E-state index contributed by atoms with van der Waals surface area (Å²) in [5.41, 5.74) is 2.62. The van der Waals surface area contributed by atoms with E-state index in [9.17, 15) is 9.90 Å². The quantitative estimate of drug-likeness (QED) is 0.598. The zero-order valence-corrected chi connectivity index (χ0v) is 11.4. The Morgan fingerprint density at radius 3 is 2.74 bits per heavy atom. The first kappa shape index (κ1) is 13.8. The van der Waals surface area contributed by atoms with Gasteiger partial charge < -0.3 is 20.4 Å². The number of H-pyrrole nitrogens is 2. The summed E-state index contributed by atoms with van der Waals surface area (Å²) in [6, 6.07) is 6.13. The summed E-state index contributed by atoms with van der Waals surface area (Å²) in [6.45, 7) is 4.77. The summed E-state index contributed by atoms with van der Waals surface area (Å²) < 4.78 is 0. The highest BCUT2D eigenvalue weighted by atomic mass is 16.3. The van der Waals surface area contributed by atoms with Crippen LogP contribution in [0.3, 0.4) is 0 Å². The van der Waals surface area contributed by atoms with Gasteiger partial charge in [-0.2, -0.15) is 0 Å². The molecule has 1 aromatic carbocycles. The first-order chi connectivity index (χ1) is 9.06. The van der Waals surface area contributed by atoms with E-state index in [4.69, 9.17) is 0 Å². The molecule has 4 N–H and O–H groups in total. The molecular formula is C14H21N3O2. The van der Waals surface area contributed by atoms with Crippen molar-refractivity contribution in [3.63, 3.8) is 0 Å². The van der Waals surface area contributed by atoms with E-state index < -0.39 is 0 Å². The van der Waals surface area contributed by atoms with Gasteiger partial charge in [0.15, 0.2) is 0 Å². The number of benzene rings is 1. The second kappa shape index (κ2) is 6.04. The van der Waals surface area contributed by atoms with Gasteiger partial charge in [0, 0.05) is 6.04 Å². The van der Waals surface area contributed by atoms with Crippen LogP contribution in [0, 0.1) is 0 Å². The smallest absolute Gasteiger partial charge is 0.323 e. The monoisotopic (exact) mass is 263 g/mol. The third-order valence-corrected chi connectivity index (χ3v) is 3.29.